The molecule has 3 heteroatoms. The van der Waals surface area contributed by atoms with Crippen molar-refractivity contribution in [1.82, 2.24) is 9.97 Å². The first-order valence-electron chi connectivity index (χ1n) is 4.67. The Bertz CT molecular complexity index is 519. The second kappa shape index (κ2) is 3.01. The molecule has 0 amide bonds. The molecule has 0 bridgehead atoms. The molecule has 1 aromatic heterocycles. The Kier molecular flexibility index (Phi) is 1.58. The number of H-pyrrole nitrogens is 1. The second-order valence-electron chi connectivity index (χ2n) is 2.76. The molecular weight excluding hydrogens is 164 g/mol. The molecule has 0 fully saturated rings. The highest BCUT2D eigenvalue weighted by Crippen LogP contribution is 2.05. The van der Waals surface area contributed by atoms with E-state index in [4.69, 9.17) is 1.37 Å². The summed E-state index contributed by atoms with van der Waals surface area (Å²) < 4.78 is 7.46. The van der Waals surface area contributed by atoms with Crippen LogP contribution in [-0.4, -0.2) is 9.97 Å². The number of fused-ring (bicyclic) bond motifs is 1. The maximum Gasteiger partial charge on any atom is 0.258 e. The van der Waals surface area contributed by atoms with Crippen molar-refractivity contribution in [1.29, 1.82) is 0 Å². The number of nitrogens with zero attached hydrogens (tertiary/aromatic N) is 1. The number of nitrogens with one attached hydrogen (secondary N) is 1. The van der Waals surface area contributed by atoms with Crippen LogP contribution in [0.15, 0.2) is 29.1 Å². The summed E-state index contributed by atoms with van der Waals surface area (Å²) in [5, 5.41) is 0.567. The minimum absolute atomic E-state index is 0.176. The quantitative estimate of drug-likeness (QED) is 0.713. The number of hydrogen-bond acceptors (Lipinski definition) is 2. The Morgan fingerprint density at radius 3 is 3.08 bits per heavy atom. The minimum Gasteiger partial charge on any atom is -0.310 e. The Labute approximate surface area is 76.8 Å². The molecule has 3 nitrogen and oxygen atoms in total. The third-order valence-electron chi connectivity index (χ3n) is 1.90. The molecule has 1 heterocycles. The number of hydrogen-bond donors (Lipinski definition) is 1. The van der Waals surface area contributed by atoms with Crippen LogP contribution in [-0.2, 0) is 6.40 Å². The van der Waals surface area contributed by atoms with Gasteiger partial charge in [0, 0.05) is 7.77 Å². The molecule has 0 saturated heterocycles. The largest absolute Gasteiger partial charge is 0.310 e. The van der Waals surface area contributed by atoms with E-state index in [1.54, 1.807) is 25.1 Å². The molecule has 0 aliphatic carbocycles. The average molecular weight is 175 g/mol. The molecule has 0 saturated carbocycles. The zero-order chi connectivity index (χ0) is 10.1. The molecule has 1 unspecified atom stereocenters. The number of benzene rings is 1. The smallest absolute Gasteiger partial charge is 0.258 e. The molecule has 1 atom stereocenters. The Balaban J connectivity index is 2.79. The first kappa shape index (κ1) is 6.83. The van der Waals surface area contributed by atoms with Gasteiger partial charge in [0.15, 0.2) is 0 Å². The Morgan fingerprint density at radius 2 is 2.31 bits per heavy atom. The first-order valence-corrected chi connectivity index (χ1v) is 4.09. The summed E-state index contributed by atoms with van der Waals surface area (Å²) >= 11 is 0. The van der Waals surface area contributed by atoms with Gasteiger partial charge in [0.1, 0.15) is 5.82 Å². The fraction of sp³-hybridized carbons (Fsp3) is 0.200. The van der Waals surface area contributed by atoms with Gasteiger partial charge in [0.2, 0.25) is 0 Å². The van der Waals surface area contributed by atoms with Gasteiger partial charge in [-0.05, 0) is 12.1 Å². The van der Waals surface area contributed by atoms with Crippen molar-refractivity contribution < 1.29 is 1.37 Å². The molecule has 66 valence electrons. The number of aromatic nitrogens is 2. The molecule has 0 aliphatic heterocycles. The number of aryl methyl sites for hydroxylation is 1. The predicted octanol–water partition coefficient (Wildman–Crippen LogP) is 1.49. The normalized spacial score (nSPS) is 14.1. The van der Waals surface area contributed by atoms with Crippen LogP contribution in [0.4, 0.5) is 0 Å². The minimum atomic E-state index is -0.507. The number of para-hydroxylation sites is 1. The van der Waals surface area contributed by atoms with Crippen molar-refractivity contribution in [2.24, 2.45) is 0 Å². The van der Waals surface area contributed by atoms with Crippen LogP contribution < -0.4 is 5.56 Å². The molecule has 2 aromatic rings. The van der Waals surface area contributed by atoms with E-state index in [1.807, 2.05) is 6.07 Å². The lowest BCUT2D eigenvalue weighted by Crippen LogP contribution is -2.10. The van der Waals surface area contributed by atoms with Gasteiger partial charge >= 0.3 is 0 Å². The van der Waals surface area contributed by atoms with E-state index in [0.29, 0.717) is 16.7 Å². The van der Waals surface area contributed by atoms with Crippen LogP contribution in [0.1, 0.15) is 14.1 Å². The molecule has 0 radical (unpaired) electrons. The molecule has 0 aliphatic rings. The van der Waals surface area contributed by atoms with Gasteiger partial charge in [-0.25, -0.2) is 4.98 Å². The lowest BCUT2D eigenvalue weighted by atomic mass is 10.2. The van der Waals surface area contributed by atoms with Crippen LogP contribution in [0.3, 0.4) is 0 Å². The van der Waals surface area contributed by atoms with Crippen molar-refractivity contribution in [3.05, 3.63) is 40.4 Å². The molecule has 1 N–H and O–H groups in total. The molecule has 2 rings (SSSR count). The van der Waals surface area contributed by atoms with Gasteiger partial charge in [0.05, 0.1) is 10.9 Å². The standard InChI is InChI=1S/C10H10N2O/c1-2-9-11-8-6-4-3-5-7(8)10(13)12-9/h3-6H,2H2,1H3,(H,11,12,13)/i2D. The molecule has 13 heavy (non-hydrogen) atoms. The van der Waals surface area contributed by atoms with Crippen LogP contribution in [0, 0.1) is 0 Å². The van der Waals surface area contributed by atoms with Crippen LogP contribution in [0.25, 0.3) is 10.9 Å². The highest BCUT2D eigenvalue weighted by Gasteiger charge is 1.99. The van der Waals surface area contributed by atoms with Gasteiger partial charge in [-0.3, -0.25) is 4.79 Å². The maximum atomic E-state index is 11.5. The lowest BCUT2D eigenvalue weighted by molar-refractivity contribution is 0.944. The van der Waals surface area contributed by atoms with Gasteiger partial charge in [-0.2, -0.15) is 0 Å². The monoisotopic (exact) mass is 175 g/mol. The van der Waals surface area contributed by atoms with Crippen molar-refractivity contribution in [2.75, 3.05) is 0 Å². The third kappa shape index (κ3) is 1.33. The summed E-state index contributed by atoms with van der Waals surface area (Å²) in [4.78, 5) is 18.3. The fourth-order valence-corrected chi connectivity index (χ4v) is 1.24. The van der Waals surface area contributed by atoms with Gasteiger partial charge in [-0.1, -0.05) is 19.1 Å². The molecule has 1 aromatic carbocycles. The summed E-state index contributed by atoms with van der Waals surface area (Å²) in [6.45, 7) is 1.67. The van der Waals surface area contributed by atoms with E-state index < -0.39 is 6.40 Å². The summed E-state index contributed by atoms with van der Waals surface area (Å²) in [6, 6.07) is 7.12. The first-order chi connectivity index (χ1) is 6.68. The molecule has 0 spiro atoms. The van der Waals surface area contributed by atoms with Gasteiger partial charge in [0.25, 0.3) is 5.56 Å². The molecular formula is C10H10N2O. The Morgan fingerprint density at radius 1 is 1.54 bits per heavy atom. The van der Waals surface area contributed by atoms with E-state index in [1.165, 1.54) is 0 Å². The number of aromatic amines is 1. The fourth-order valence-electron chi connectivity index (χ4n) is 1.24. The lowest BCUT2D eigenvalue weighted by Gasteiger charge is -1.98. The van der Waals surface area contributed by atoms with Crippen molar-refractivity contribution in [3.63, 3.8) is 0 Å². The van der Waals surface area contributed by atoms with Gasteiger partial charge < -0.3 is 4.98 Å². The van der Waals surface area contributed by atoms with E-state index >= 15 is 0 Å². The summed E-state index contributed by atoms with van der Waals surface area (Å²) in [5.41, 5.74) is 0.468. The third-order valence-corrected chi connectivity index (χ3v) is 1.90. The van der Waals surface area contributed by atoms with Crippen LogP contribution in [0.2, 0.25) is 0 Å². The van der Waals surface area contributed by atoms with E-state index in [9.17, 15) is 4.79 Å². The SMILES string of the molecule is [2H]C(C)c1nc2ccccc2c(=O)[nH]1. The highest BCUT2D eigenvalue weighted by molar-refractivity contribution is 5.77. The summed E-state index contributed by atoms with van der Waals surface area (Å²) in [6.07, 6.45) is -0.507. The highest BCUT2D eigenvalue weighted by atomic mass is 16.1. The Hall–Kier alpha value is -1.64. The number of rotatable bonds is 1. The summed E-state index contributed by atoms with van der Waals surface area (Å²) in [7, 11) is 0. The van der Waals surface area contributed by atoms with Crippen molar-refractivity contribution in [2.45, 2.75) is 13.3 Å². The predicted molar refractivity (Wildman–Crippen MR) is 51.7 cm³/mol. The topological polar surface area (TPSA) is 45.8 Å². The van der Waals surface area contributed by atoms with Gasteiger partial charge in [-0.15, -0.1) is 0 Å². The van der Waals surface area contributed by atoms with Crippen LogP contribution >= 0.6 is 0 Å². The van der Waals surface area contributed by atoms with E-state index in [2.05, 4.69) is 9.97 Å². The van der Waals surface area contributed by atoms with E-state index in [-0.39, 0.29) is 5.56 Å². The zero-order valence-corrected chi connectivity index (χ0v) is 7.24. The van der Waals surface area contributed by atoms with Crippen molar-refractivity contribution >= 4 is 10.9 Å². The zero-order valence-electron chi connectivity index (χ0n) is 8.24. The summed E-state index contributed by atoms with van der Waals surface area (Å²) in [5.74, 6) is 0.411. The average Bonchev–Trinajstić information content (AvgIpc) is 2.17. The van der Waals surface area contributed by atoms with Crippen LogP contribution in [0.5, 0.6) is 0 Å². The van der Waals surface area contributed by atoms with Crippen molar-refractivity contribution in [3.8, 4) is 0 Å². The van der Waals surface area contributed by atoms with E-state index in [0.717, 1.165) is 0 Å². The second-order valence-corrected chi connectivity index (χ2v) is 2.76. The maximum absolute atomic E-state index is 11.5.